The van der Waals surface area contributed by atoms with Crippen molar-refractivity contribution >= 4 is 0 Å². The van der Waals surface area contributed by atoms with E-state index in [-0.39, 0.29) is 17.0 Å². The molecular formula is C19H21F4NO3. The fourth-order valence-electron chi connectivity index (χ4n) is 3.14. The largest absolute Gasteiger partial charge is 0.506 e. The van der Waals surface area contributed by atoms with E-state index in [0.29, 0.717) is 0 Å². The van der Waals surface area contributed by atoms with Gasteiger partial charge in [0.25, 0.3) is 0 Å². The molecule has 2 rings (SSSR count). The second-order valence-electron chi connectivity index (χ2n) is 7.08. The quantitative estimate of drug-likeness (QED) is 0.732. The molecule has 8 heteroatoms. The Morgan fingerprint density at radius 2 is 1.81 bits per heavy atom. The van der Waals surface area contributed by atoms with Gasteiger partial charge in [-0.3, -0.25) is 4.98 Å². The molecule has 0 bridgehead atoms. The van der Waals surface area contributed by atoms with E-state index in [1.807, 2.05) is 0 Å². The Morgan fingerprint density at radius 3 is 2.37 bits per heavy atom. The molecule has 1 aromatic carbocycles. The molecule has 1 heterocycles. The zero-order valence-corrected chi connectivity index (χ0v) is 15.1. The number of aromatic hydroxyl groups is 1. The van der Waals surface area contributed by atoms with Crippen LogP contribution in [0.5, 0.6) is 11.5 Å². The molecule has 0 radical (unpaired) electrons. The first-order valence-electron chi connectivity index (χ1n) is 8.15. The van der Waals surface area contributed by atoms with Crippen molar-refractivity contribution in [2.24, 2.45) is 0 Å². The van der Waals surface area contributed by atoms with Crippen LogP contribution in [-0.2, 0) is 11.8 Å². The fraction of sp³-hybridized carbons (Fsp3) is 0.421. The summed E-state index contributed by atoms with van der Waals surface area (Å²) in [5.74, 6) is -0.857. The summed E-state index contributed by atoms with van der Waals surface area (Å²) in [5.41, 5.74) is -4.58. The average Bonchev–Trinajstić information content (AvgIpc) is 2.55. The smallest absolute Gasteiger partial charge is 0.417 e. The minimum atomic E-state index is -5.01. The molecular weight excluding hydrogens is 366 g/mol. The van der Waals surface area contributed by atoms with Gasteiger partial charge in [0.1, 0.15) is 17.3 Å². The number of aliphatic hydroxyl groups is 1. The van der Waals surface area contributed by atoms with Crippen molar-refractivity contribution in [2.75, 3.05) is 7.11 Å². The molecule has 148 valence electrons. The van der Waals surface area contributed by atoms with E-state index >= 15 is 0 Å². The highest BCUT2D eigenvalue weighted by atomic mass is 19.4. The highest BCUT2D eigenvalue weighted by Crippen LogP contribution is 2.45. The number of benzene rings is 1. The van der Waals surface area contributed by atoms with Crippen LogP contribution in [0.2, 0.25) is 0 Å². The highest BCUT2D eigenvalue weighted by Gasteiger charge is 2.56. The molecule has 1 unspecified atom stereocenters. The number of rotatable bonds is 6. The molecule has 0 amide bonds. The number of aromatic nitrogens is 1. The number of nitrogens with zero attached hydrogens (tertiary/aromatic N) is 1. The van der Waals surface area contributed by atoms with E-state index < -0.39 is 41.6 Å². The molecule has 0 saturated carbocycles. The number of hydrogen-bond acceptors (Lipinski definition) is 4. The molecule has 0 aliphatic heterocycles. The monoisotopic (exact) mass is 387 g/mol. The van der Waals surface area contributed by atoms with Gasteiger partial charge in [-0.25, -0.2) is 4.39 Å². The molecule has 1 atom stereocenters. The molecule has 2 aromatic rings. The second kappa shape index (κ2) is 7.34. The predicted octanol–water partition coefficient (Wildman–Crippen LogP) is 4.14. The molecule has 27 heavy (non-hydrogen) atoms. The van der Waals surface area contributed by atoms with Gasteiger partial charge < -0.3 is 14.9 Å². The summed E-state index contributed by atoms with van der Waals surface area (Å²) in [4.78, 5) is 3.73. The summed E-state index contributed by atoms with van der Waals surface area (Å²) < 4.78 is 60.1. The molecule has 2 N–H and O–H groups in total. The molecule has 0 aliphatic rings. The van der Waals surface area contributed by atoms with Crippen LogP contribution < -0.4 is 4.74 Å². The van der Waals surface area contributed by atoms with Crippen LogP contribution in [-0.4, -0.2) is 34.1 Å². The lowest BCUT2D eigenvalue weighted by atomic mass is 9.73. The lowest BCUT2D eigenvalue weighted by Crippen LogP contribution is -2.51. The maximum Gasteiger partial charge on any atom is 0.417 e. The first-order valence-corrected chi connectivity index (χ1v) is 8.15. The number of alkyl halides is 3. The Kier molecular flexibility index (Phi) is 5.70. The van der Waals surface area contributed by atoms with E-state index in [1.54, 1.807) is 0 Å². The zero-order chi connectivity index (χ0) is 20.5. The number of halogens is 4. The normalized spacial score (nSPS) is 14.7. The van der Waals surface area contributed by atoms with Gasteiger partial charge >= 0.3 is 6.18 Å². The first-order chi connectivity index (χ1) is 12.4. The van der Waals surface area contributed by atoms with E-state index in [2.05, 4.69) is 4.98 Å². The van der Waals surface area contributed by atoms with E-state index in [9.17, 15) is 27.8 Å². The van der Waals surface area contributed by atoms with Crippen LogP contribution in [0.15, 0.2) is 36.5 Å². The predicted molar refractivity (Wildman–Crippen MR) is 91.2 cm³/mol. The van der Waals surface area contributed by atoms with E-state index in [4.69, 9.17) is 4.74 Å². The number of ether oxygens (including phenoxy) is 1. The maximum atomic E-state index is 13.8. The molecule has 1 aromatic heterocycles. The van der Waals surface area contributed by atoms with Gasteiger partial charge in [-0.2, -0.15) is 13.2 Å². The zero-order valence-electron chi connectivity index (χ0n) is 15.1. The van der Waals surface area contributed by atoms with Gasteiger partial charge in [0.2, 0.25) is 0 Å². The average molecular weight is 387 g/mol. The van der Waals surface area contributed by atoms with Gasteiger partial charge in [-0.15, -0.1) is 0 Å². The van der Waals surface area contributed by atoms with Crippen LogP contribution in [0.25, 0.3) is 0 Å². The number of methoxy groups -OCH3 is 1. The number of pyridine rings is 1. The van der Waals surface area contributed by atoms with Gasteiger partial charge in [0.15, 0.2) is 5.60 Å². The SMILES string of the molecule is COc1ccc(F)cc1C(C)(C)CC(O)(Cc1ncccc1O)C(F)(F)F. The van der Waals surface area contributed by atoms with Gasteiger partial charge in [0, 0.05) is 18.2 Å². The number of hydrogen-bond donors (Lipinski definition) is 2. The van der Waals surface area contributed by atoms with E-state index in [1.165, 1.54) is 45.4 Å². The summed E-state index contributed by atoms with van der Waals surface area (Å²) in [6.07, 6.45) is -5.51. The minimum absolute atomic E-state index is 0.193. The van der Waals surface area contributed by atoms with Crippen LogP contribution in [0.4, 0.5) is 17.6 Å². The van der Waals surface area contributed by atoms with Crippen LogP contribution in [0.1, 0.15) is 31.5 Å². The summed E-state index contributed by atoms with van der Waals surface area (Å²) in [7, 11) is 1.33. The lowest BCUT2D eigenvalue weighted by molar-refractivity contribution is -0.266. The van der Waals surface area contributed by atoms with Crippen molar-refractivity contribution in [1.82, 2.24) is 4.98 Å². The summed E-state index contributed by atoms with van der Waals surface area (Å²) in [6.45, 7) is 2.92. The standard InChI is InChI=1S/C19H21F4NO3/c1-17(2,13-9-12(20)6-7-16(13)27-3)11-18(26,19(21,22)23)10-14-15(25)5-4-8-24-14/h4-9,25-26H,10-11H2,1-3H3. The summed E-state index contributed by atoms with van der Waals surface area (Å²) in [6, 6.07) is 6.12. The van der Waals surface area contributed by atoms with Crippen molar-refractivity contribution in [3.8, 4) is 11.5 Å². The fourth-order valence-corrected chi connectivity index (χ4v) is 3.14. The third-order valence-corrected chi connectivity index (χ3v) is 4.48. The first kappa shape index (κ1) is 21.0. The third kappa shape index (κ3) is 4.50. The Bertz CT molecular complexity index is 808. The Morgan fingerprint density at radius 1 is 1.15 bits per heavy atom. The molecule has 0 aliphatic carbocycles. The van der Waals surface area contributed by atoms with Crippen molar-refractivity contribution in [2.45, 2.75) is 43.9 Å². The minimum Gasteiger partial charge on any atom is -0.506 e. The van der Waals surface area contributed by atoms with E-state index in [0.717, 1.165) is 12.1 Å². The lowest BCUT2D eigenvalue weighted by Gasteiger charge is -2.38. The topological polar surface area (TPSA) is 62.6 Å². The van der Waals surface area contributed by atoms with Gasteiger partial charge in [-0.05, 0) is 42.2 Å². The highest BCUT2D eigenvalue weighted by molar-refractivity contribution is 5.40. The Hall–Kier alpha value is -2.35. The molecule has 0 spiro atoms. The third-order valence-electron chi connectivity index (χ3n) is 4.48. The van der Waals surface area contributed by atoms with Crippen LogP contribution >= 0.6 is 0 Å². The molecule has 0 fully saturated rings. The maximum absolute atomic E-state index is 13.8. The summed E-state index contributed by atoms with van der Waals surface area (Å²) >= 11 is 0. The molecule has 4 nitrogen and oxygen atoms in total. The van der Waals surface area contributed by atoms with Crippen molar-refractivity contribution in [1.29, 1.82) is 0 Å². The van der Waals surface area contributed by atoms with Crippen molar-refractivity contribution < 1.29 is 32.5 Å². The second-order valence-corrected chi connectivity index (χ2v) is 7.08. The van der Waals surface area contributed by atoms with Crippen molar-refractivity contribution in [3.63, 3.8) is 0 Å². The summed E-state index contributed by atoms with van der Waals surface area (Å²) in [5, 5.41) is 20.3. The van der Waals surface area contributed by atoms with Crippen LogP contribution in [0, 0.1) is 5.82 Å². The van der Waals surface area contributed by atoms with Crippen molar-refractivity contribution in [3.05, 3.63) is 53.6 Å². The Balaban J connectivity index is 2.47. The van der Waals surface area contributed by atoms with Gasteiger partial charge in [-0.1, -0.05) is 13.8 Å². The van der Waals surface area contributed by atoms with Gasteiger partial charge in [0.05, 0.1) is 12.8 Å². The van der Waals surface area contributed by atoms with Crippen LogP contribution in [0.3, 0.4) is 0 Å². The Labute approximate surface area is 154 Å². The molecule has 0 saturated heterocycles.